The van der Waals surface area contributed by atoms with Gasteiger partial charge in [-0.2, -0.15) is 0 Å². The first-order valence-corrected chi connectivity index (χ1v) is 7.96. The Balaban J connectivity index is 1.53. The minimum atomic E-state index is -0.294. The van der Waals surface area contributed by atoms with E-state index in [4.69, 9.17) is 0 Å². The molecule has 0 aliphatic carbocycles. The van der Waals surface area contributed by atoms with Crippen LogP contribution in [0.25, 0.3) is 0 Å². The lowest BCUT2D eigenvalue weighted by atomic mass is 9.89. The van der Waals surface area contributed by atoms with Crippen molar-refractivity contribution in [3.63, 3.8) is 0 Å². The van der Waals surface area contributed by atoms with Crippen molar-refractivity contribution in [3.8, 4) is 0 Å². The number of rotatable bonds is 5. The van der Waals surface area contributed by atoms with Crippen molar-refractivity contribution < 1.29 is 9.90 Å². The van der Waals surface area contributed by atoms with E-state index >= 15 is 0 Å². The molecule has 2 bridgehead atoms. The van der Waals surface area contributed by atoms with Crippen LogP contribution >= 0.6 is 0 Å². The van der Waals surface area contributed by atoms with E-state index in [2.05, 4.69) is 10.6 Å². The van der Waals surface area contributed by atoms with Gasteiger partial charge in [0.05, 0.1) is 12.6 Å². The van der Waals surface area contributed by atoms with E-state index in [-0.39, 0.29) is 18.6 Å². The number of amides is 1. The zero-order chi connectivity index (χ0) is 14.7. The molecular weight excluding hydrogens is 264 g/mol. The molecule has 1 aromatic rings. The molecule has 2 aliphatic rings. The van der Waals surface area contributed by atoms with Gasteiger partial charge in [-0.25, -0.2) is 0 Å². The molecule has 1 aromatic carbocycles. The van der Waals surface area contributed by atoms with Crippen LogP contribution in [0.15, 0.2) is 30.3 Å². The second-order valence-electron chi connectivity index (χ2n) is 6.39. The second-order valence-corrected chi connectivity index (χ2v) is 6.39. The highest BCUT2D eigenvalue weighted by Gasteiger charge is 2.34. The molecule has 3 N–H and O–H groups in total. The summed E-state index contributed by atoms with van der Waals surface area (Å²) in [5.74, 6) is 0.545. The zero-order valence-corrected chi connectivity index (χ0v) is 12.3. The van der Waals surface area contributed by atoms with Gasteiger partial charge in [-0.1, -0.05) is 30.3 Å². The Morgan fingerprint density at radius 3 is 2.52 bits per heavy atom. The summed E-state index contributed by atoms with van der Waals surface area (Å²) in [4.78, 5) is 12.2. The maximum Gasteiger partial charge on any atom is 0.220 e. The molecular formula is C17H24N2O2. The number of aliphatic hydroxyl groups is 1. The third kappa shape index (κ3) is 3.63. The van der Waals surface area contributed by atoms with E-state index < -0.39 is 0 Å². The summed E-state index contributed by atoms with van der Waals surface area (Å²) in [6.07, 6.45) is 5.31. The largest absolute Gasteiger partial charge is 0.394 e. The Kier molecular flexibility index (Phi) is 4.56. The third-order valence-electron chi connectivity index (χ3n) is 4.76. The van der Waals surface area contributed by atoms with Crippen molar-refractivity contribution in [2.75, 3.05) is 6.61 Å². The Morgan fingerprint density at radius 2 is 1.90 bits per heavy atom. The van der Waals surface area contributed by atoms with Crippen LogP contribution in [-0.2, 0) is 4.79 Å². The maximum atomic E-state index is 12.2. The normalized spacial score (nSPS) is 29.1. The number of piperidine rings is 1. The first kappa shape index (κ1) is 14.5. The number of benzene rings is 1. The van der Waals surface area contributed by atoms with Crippen molar-refractivity contribution in [1.29, 1.82) is 0 Å². The molecule has 0 saturated carbocycles. The number of fused-ring (bicyclic) bond motifs is 2. The van der Waals surface area contributed by atoms with Gasteiger partial charge in [0.15, 0.2) is 0 Å². The predicted octanol–water partition coefficient (Wildman–Crippen LogP) is 1.76. The van der Waals surface area contributed by atoms with Gasteiger partial charge in [0, 0.05) is 18.5 Å². The van der Waals surface area contributed by atoms with Gasteiger partial charge in [0.25, 0.3) is 0 Å². The molecule has 0 aromatic heterocycles. The van der Waals surface area contributed by atoms with Crippen molar-refractivity contribution in [1.82, 2.24) is 10.6 Å². The number of hydrogen-bond acceptors (Lipinski definition) is 3. The zero-order valence-electron chi connectivity index (χ0n) is 12.3. The van der Waals surface area contributed by atoms with E-state index in [0.717, 1.165) is 18.4 Å². The minimum absolute atomic E-state index is 0.0594. The smallest absolute Gasteiger partial charge is 0.220 e. The summed E-state index contributed by atoms with van der Waals surface area (Å²) < 4.78 is 0. The lowest BCUT2D eigenvalue weighted by molar-refractivity contribution is -0.123. The van der Waals surface area contributed by atoms with Crippen LogP contribution in [0.3, 0.4) is 0 Å². The molecule has 4 heteroatoms. The molecule has 2 aliphatic heterocycles. The number of aliphatic hydroxyl groups excluding tert-OH is 1. The molecule has 0 radical (unpaired) electrons. The van der Waals surface area contributed by atoms with Gasteiger partial charge < -0.3 is 15.7 Å². The fourth-order valence-electron chi connectivity index (χ4n) is 3.78. The van der Waals surface area contributed by atoms with Crippen molar-refractivity contribution >= 4 is 5.91 Å². The Bertz CT molecular complexity index is 465. The molecule has 4 nitrogen and oxygen atoms in total. The molecule has 21 heavy (non-hydrogen) atoms. The minimum Gasteiger partial charge on any atom is -0.394 e. The molecule has 3 atom stereocenters. The highest BCUT2D eigenvalue weighted by atomic mass is 16.3. The number of hydrogen-bond donors (Lipinski definition) is 3. The lowest BCUT2D eigenvalue weighted by Crippen LogP contribution is -2.40. The summed E-state index contributed by atoms with van der Waals surface area (Å²) in [7, 11) is 0. The van der Waals surface area contributed by atoms with Gasteiger partial charge in [0.2, 0.25) is 5.91 Å². The van der Waals surface area contributed by atoms with Crippen molar-refractivity contribution in [2.24, 2.45) is 5.92 Å². The van der Waals surface area contributed by atoms with E-state index in [1.807, 2.05) is 30.3 Å². The van der Waals surface area contributed by atoms with Gasteiger partial charge in [-0.3, -0.25) is 4.79 Å². The van der Waals surface area contributed by atoms with Gasteiger partial charge in [-0.05, 0) is 37.2 Å². The van der Waals surface area contributed by atoms with Gasteiger partial charge in [0.1, 0.15) is 0 Å². The summed E-state index contributed by atoms with van der Waals surface area (Å²) in [6.45, 7) is -0.0623. The predicted molar refractivity (Wildman–Crippen MR) is 81.7 cm³/mol. The summed E-state index contributed by atoms with van der Waals surface area (Å²) >= 11 is 0. The van der Waals surface area contributed by atoms with Gasteiger partial charge in [-0.15, -0.1) is 0 Å². The average molecular weight is 288 g/mol. The van der Waals surface area contributed by atoms with E-state index in [1.54, 1.807) is 0 Å². The van der Waals surface area contributed by atoms with Crippen molar-refractivity contribution in [3.05, 3.63) is 35.9 Å². The summed E-state index contributed by atoms with van der Waals surface area (Å²) in [5, 5.41) is 16.1. The average Bonchev–Trinajstić information content (AvgIpc) is 2.84. The Hall–Kier alpha value is -1.39. The fraction of sp³-hybridized carbons (Fsp3) is 0.588. The second kappa shape index (κ2) is 6.58. The topological polar surface area (TPSA) is 61.4 Å². The number of carbonyl (C=O) groups excluding carboxylic acids is 1. The highest BCUT2D eigenvalue weighted by Crippen LogP contribution is 2.32. The van der Waals surface area contributed by atoms with E-state index in [1.165, 1.54) is 12.8 Å². The van der Waals surface area contributed by atoms with Crippen LogP contribution in [0, 0.1) is 5.92 Å². The van der Waals surface area contributed by atoms with Crippen LogP contribution < -0.4 is 10.6 Å². The Morgan fingerprint density at radius 1 is 1.24 bits per heavy atom. The quantitative estimate of drug-likeness (QED) is 0.773. The fourth-order valence-corrected chi connectivity index (χ4v) is 3.78. The van der Waals surface area contributed by atoms with Crippen LogP contribution in [0.2, 0.25) is 0 Å². The molecule has 2 fully saturated rings. The summed E-state index contributed by atoms with van der Waals surface area (Å²) in [5.41, 5.74) is 0.957. The summed E-state index contributed by atoms with van der Waals surface area (Å²) in [6, 6.07) is 10.6. The van der Waals surface area contributed by atoms with E-state index in [9.17, 15) is 9.90 Å². The Labute approximate surface area is 125 Å². The van der Waals surface area contributed by atoms with Crippen molar-refractivity contribution in [2.45, 2.75) is 50.2 Å². The van der Waals surface area contributed by atoms with Crippen LogP contribution in [-0.4, -0.2) is 29.7 Å². The monoisotopic (exact) mass is 288 g/mol. The SMILES string of the molecule is O=C(CC1CC2CCC(C1)N2)N[C@@H](CO)c1ccccc1. The first-order valence-electron chi connectivity index (χ1n) is 7.96. The first-order chi connectivity index (χ1) is 10.2. The van der Waals surface area contributed by atoms with Gasteiger partial charge >= 0.3 is 0 Å². The molecule has 2 heterocycles. The molecule has 2 unspecified atom stereocenters. The molecule has 114 valence electrons. The standard InChI is InChI=1S/C17H24N2O2/c20-11-16(13-4-2-1-3-5-13)19-17(21)10-12-8-14-6-7-15(9-12)18-14/h1-5,12,14-16,18,20H,6-11H2,(H,19,21)/t12?,14?,15?,16-/m0/s1. The molecule has 1 amide bonds. The number of carbonyl (C=O) groups is 1. The maximum absolute atomic E-state index is 12.2. The lowest BCUT2D eigenvalue weighted by Gasteiger charge is -2.29. The number of nitrogens with one attached hydrogen (secondary N) is 2. The molecule has 0 spiro atoms. The molecule has 3 rings (SSSR count). The molecule has 2 saturated heterocycles. The van der Waals surface area contributed by atoms with Crippen LogP contribution in [0.1, 0.15) is 43.7 Å². The highest BCUT2D eigenvalue weighted by molar-refractivity contribution is 5.76. The van der Waals surface area contributed by atoms with E-state index in [0.29, 0.717) is 24.4 Å². The van der Waals surface area contributed by atoms with Crippen LogP contribution in [0.5, 0.6) is 0 Å². The van der Waals surface area contributed by atoms with Crippen LogP contribution in [0.4, 0.5) is 0 Å². The third-order valence-corrected chi connectivity index (χ3v) is 4.76.